The lowest BCUT2D eigenvalue weighted by molar-refractivity contribution is -0.127. The maximum atomic E-state index is 14.0. The van der Waals surface area contributed by atoms with Crippen molar-refractivity contribution in [1.29, 1.82) is 0 Å². The van der Waals surface area contributed by atoms with Crippen molar-refractivity contribution in [2.75, 3.05) is 0 Å². The molecule has 29 heavy (non-hydrogen) atoms. The number of allylic oxidation sites excluding steroid dienone is 4. The van der Waals surface area contributed by atoms with E-state index in [0.717, 1.165) is 5.56 Å². The predicted molar refractivity (Wildman–Crippen MR) is 110 cm³/mol. The smallest absolute Gasteiger partial charge is 0.192 e. The Morgan fingerprint density at radius 2 is 1.62 bits per heavy atom. The molecule has 4 nitrogen and oxygen atoms in total. The quantitative estimate of drug-likeness (QED) is 0.734. The van der Waals surface area contributed by atoms with Crippen LogP contribution in [-0.2, 0) is 19.4 Å². The first-order chi connectivity index (χ1) is 13.9. The van der Waals surface area contributed by atoms with Crippen LogP contribution in [0.2, 0.25) is 0 Å². The van der Waals surface area contributed by atoms with Gasteiger partial charge in [-0.05, 0) is 43.0 Å². The van der Waals surface area contributed by atoms with Crippen LogP contribution in [0.5, 0.6) is 0 Å². The van der Waals surface area contributed by atoms with E-state index in [1.54, 1.807) is 48.5 Å². The standard InChI is InChI=1S/C24H20O4S/c1-15-7-11-19(12-8-15)29(27,28)24-18-10-9-17(13-18)22(24)21(25)14-20(23(24)26)16-5-3-2-4-6-16/h2-12,14,17-18,22H,13H2,1H3. The van der Waals surface area contributed by atoms with Crippen LogP contribution in [-0.4, -0.2) is 24.7 Å². The number of benzene rings is 2. The number of carbonyl (C=O) groups is 2. The second kappa shape index (κ2) is 6.10. The maximum absolute atomic E-state index is 14.0. The van der Waals surface area contributed by atoms with Gasteiger partial charge in [0.25, 0.3) is 0 Å². The van der Waals surface area contributed by atoms with E-state index in [1.165, 1.54) is 6.08 Å². The SMILES string of the molecule is Cc1ccc(S(=O)(=O)C23C(=O)C(c4ccccc4)=CC(=O)C2C2C=CC3C2)cc1. The molecule has 1 fully saturated rings. The van der Waals surface area contributed by atoms with E-state index < -0.39 is 32.2 Å². The Kier molecular flexibility index (Phi) is 3.84. The highest BCUT2D eigenvalue weighted by molar-refractivity contribution is 7.93. The van der Waals surface area contributed by atoms with Gasteiger partial charge in [-0.15, -0.1) is 0 Å². The van der Waals surface area contributed by atoms with Crippen LogP contribution in [0, 0.1) is 24.7 Å². The molecule has 146 valence electrons. The number of aryl methyl sites for hydroxylation is 1. The number of hydrogen-bond acceptors (Lipinski definition) is 4. The predicted octanol–water partition coefficient (Wildman–Crippen LogP) is 3.57. The van der Waals surface area contributed by atoms with Crippen molar-refractivity contribution in [3.05, 3.63) is 84.0 Å². The fourth-order valence-electron chi connectivity index (χ4n) is 5.31. The Bertz CT molecular complexity index is 1190. The highest BCUT2D eigenvalue weighted by Crippen LogP contribution is 2.59. The number of hydrogen-bond donors (Lipinski definition) is 0. The van der Waals surface area contributed by atoms with Gasteiger partial charge >= 0.3 is 0 Å². The minimum atomic E-state index is -4.09. The van der Waals surface area contributed by atoms with Crippen LogP contribution in [0.4, 0.5) is 0 Å². The van der Waals surface area contributed by atoms with Crippen LogP contribution in [0.25, 0.3) is 5.57 Å². The largest absolute Gasteiger partial charge is 0.294 e. The summed E-state index contributed by atoms with van der Waals surface area (Å²) >= 11 is 0. The van der Waals surface area contributed by atoms with Gasteiger partial charge in [-0.1, -0.05) is 60.2 Å². The summed E-state index contributed by atoms with van der Waals surface area (Å²) in [5.74, 6) is -2.29. The van der Waals surface area contributed by atoms with Crippen molar-refractivity contribution in [3.8, 4) is 0 Å². The van der Waals surface area contributed by atoms with Gasteiger partial charge in [0.2, 0.25) is 0 Å². The van der Waals surface area contributed by atoms with E-state index >= 15 is 0 Å². The molecule has 5 rings (SSSR count). The van der Waals surface area contributed by atoms with Crippen molar-refractivity contribution in [3.63, 3.8) is 0 Å². The number of sulfone groups is 1. The molecule has 3 aliphatic rings. The fourth-order valence-corrected chi connectivity index (χ4v) is 7.75. The first kappa shape index (κ1) is 18.3. The molecule has 0 heterocycles. The summed E-state index contributed by atoms with van der Waals surface area (Å²) < 4.78 is 26.2. The third-order valence-corrected chi connectivity index (χ3v) is 9.14. The lowest BCUT2D eigenvalue weighted by atomic mass is 9.70. The summed E-state index contributed by atoms with van der Waals surface area (Å²) in [4.78, 5) is 27.2. The summed E-state index contributed by atoms with van der Waals surface area (Å²) in [6.07, 6.45) is 5.61. The lowest BCUT2D eigenvalue weighted by Crippen LogP contribution is -2.59. The zero-order valence-electron chi connectivity index (χ0n) is 15.9. The minimum absolute atomic E-state index is 0.101. The topological polar surface area (TPSA) is 68.3 Å². The van der Waals surface area contributed by atoms with Gasteiger partial charge in [-0.2, -0.15) is 0 Å². The van der Waals surface area contributed by atoms with Gasteiger partial charge in [0, 0.05) is 11.5 Å². The van der Waals surface area contributed by atoms with Crippen LogP contribution in [0.1, 0.15) is 17.5 Å². The molecule has 0 N–H and O–H groups in total. The van der Waals surface area contributed by atoms with Crippen molar-refractivity contribution >= 4 is 27.0 Å². The van der Waals surface area contributed by atoms with Gasteiger partial charge in [0.05, 0.1) is 10.8 Å². The molecule has 4 atom stereocenters. The van der Waals surface area contributed by atoms with E-state index in [-0.39, 0.29) is 22.2 Å². The first-order valence-corrected chi connectivity index (χ1v) is 11.2. The molecule has 0 saturated heterocycles. The average molecular weight is 404 g/mol. The maximum Gasteiger partial charge on any atom is 0.192 e. The van der Waals surface area contributed by atoms with Gasteiger partial charge < -0.3 is 0 Å². The number of rotatable bonds is 3. The monoisotopic (exact) mass is 404 g/mol. The molecule has 2 aromatic carbocycles. The Hall–Kier alpha value is -2.79. The third kappa shape index (κ3) is 2.28. The van der Waals surface area contributed by atoms with E-state index in [2.05, 4.69) is 0 Å². The van der Waals surface area contributed by atoms with Crippen molar-refractivity contribution in [1.82, 2.24) is 0 Å². The average Bonchev–Trinajstić information content (AvgIpc) is 3.33. The second-order valence-electron chi connectivity index (χ2n) is 8.13. The number of carbonyl (C=O) groups excluding carboxylic acids is 2. The highest BCUT2D eigenvalue weighted by atomic mass is 32.2. The molecule has 4 unspecified atom stereocenters. The number of ketones is 2. The molecule has 5 heteroatoms. The molecule has 0 aromatic heterocycles. The summed E-state index contributed by atoms with van der Waals surface area (Å²) in [7, 11) is -4.09. The molecule has 1 saturated carbocycles. The molecule has 3 aliphatic carbocycles. The van der Waals surface area contributed by atoms with Gasteiger partial charge in [-0.3, -0.25) is 9.59 Å². The van der Waals surface area contributed by atoms with Crippen LogP contribution in [0.15, 0.2) is 77.7 Å². The first-order valence-electron chi connectivity index (χ1n) is 9.73. The van der Waals surface area contributed by atoms with Crippen molar-refractivity contribution in [2.24, 2.45) is 17.8 Å². The molecule has 2 bridgehead atoms. The molecule has 0 radical (unpaired) electrons. The summed E-state index contributed by atoms with van der Waals surface area (Å²) in [5, 5.41) is 0. The summed E-state index contributed by atoms with van der Waals surface area (Å²) in [6.45, 7) is 1.88. The summed E-state index contributed by atoms with van der Waals surface area (Å²) in [6, 6.07) is 15.4. The Morgan fingerprint density at radius 1 is 0.931 bits per heavy atom. The lowest BCUT2D eigenvalue weighted by Gasteiger charge is -2.41. The van der Waals surface area contributed by atoms with Gasteiger partial charge in [0.15, 0.2) is 26.2 Å². The molecular formula is C24H20O4S. The fraction of sp³-hybridized carbons (Fsp3) is 0.250. The molecule has 2 aromatic rings. The van der Waals surface area contributed by atoms with E-state index in [0.29, 0.717) is 12.0 Å². The normalized spacial score (nSPS) is 30.4. The van der Waals surface area contributed by atoms with Crippen molar-refractivity contribution < 1.29 is 18.0 Å². The number of fused-ring (bicyclic) bond motifs is 5. The molecular weight excluding hydrogens is 384 g/mol. The highest BCUT2D eigenvalue weighted by Gasteiger charge is 2.71. The van der Waals surface area contributed by atoms with Crippen molar-refractivity contribution in [2.45, 2.75) is 23.0 Å². The summed E-state index contributed by atoms with van der Waals surface area (Å²) in [5.41, 5.74) is 1.71. The van der Waals surface area contributed by atoms with E-state index in [1.807, 2.05) is 25.1 Å². The van der Waals surface area contributed by atoms with Gasteiger partial charge in [0.1, 0.15) is 0 Å². The van der Waals surface area contributed by atoms with E-state index in [9.17, 15) is 18.0 Å². The molecule has 0 aliphatic heterocycles. The minimum Gasteiger partial charge on any atom is -0.294 e. The van der Waals surface area contributed by atoms with Crippen LogP contribution >= 0.6 is 0 Å². The zero-order chi connectivity index (χ0) is 20.4. The van der Waals surface area contributed by atoms with Gasteiger partial charge in [-0.25, -0.2) is 8.42 Å². The van der Waals surface area contributed by atoms with Crippen LogP contribution < -0.4 is 0 Å². The number of Topliss-reactive ketones (excluding diaryl/α,β-unsaturated/α-hetero) is 1. The second-order valence-corrected chi connectivity index (χ2v) is 10.3. The van der Waals surface area contributed by atoms with Crippen LogP contribution in [0.3, 0.4) is 0 Å². The Labute approximate surface area is 169 Å². The molecule has 0 spiro atoms. The zero-order valence-corrected chi connectivity index (χ0v) is 16.7. The molecule has 0 amide bonds. The van der Waals surface area contributed by atoms with E-state index in [4.69, 9.17) is 0 Å². The Morgan fingerprint density at radius 3 is 2.31 bits per heavy atom. The third-order valence-electron chi connectivity index (χ3n) is 6.61. The Balaban J connectivity index is 1.77.